The molecule has 0 aromatic carbocycles. The molecule has 0 aliphatic carbocycles. The summed E-state index contributed by atoms with van der Waals surface area (Å²) < 4.78 is 0. The Hall–Kier alpha value is -0.260. The number of nitrogens with zero attached hydrogens (tertiary/aromatic N) is 2. The third-order valence-corrected chi connectivity index (χ3v) is 4.07. The van der Waals surface area contributed by atoms with Crippen LogP contribution in [0.4, 0.5) is 0 Å². The van der Waals surface area contributed by atoms with Crippen molar-refractivity contribution in [3.05, 3.63) is 0 Å². The Balaban J connectivity index is 2.25. The standard InChI is InChI=1S/C11H23N3OS/c1-13(2)6-7-16-10-4-3-5-14(9-10)11(15)8-12/h10H,3-9,12H2,1-2H3. The molecule has 0 bridgehead atoms. The summed E-state index contributed by atoms with van der Waals surface area (Å²) in [6.45, 7) is 3.02. The van der Waals surface area contributed by atoms with E-state index in [0.29, 0.717) is 5.25 Å². The molecule has 0 aromatic heterocycles. The van der Waals surface area contributed by atoms with Gasteiger partial charge in [-0.15, -0.1) is 0 Å². The number of carbonyl (C=O) groups excluding carboxylic acids is 1. The molecule has 1 rings (SSSR count). The third kappa shape index (κ3) is 4.72. The van der Waals surface area contributed by atoms with Crippen molar-refractivity contribution >= 4 is 17.7 Å². The highest BCUT2D eigenvalue weighted by molar-refractivity contribution is 7.99. The number of nitrogens with two attached hydrogens (primary N) is 1. The summed E-state index contributed by atoms with van der Waals surface area (Å²) in [5.74, 6) is 1.24. The summed E-state index contributed by atoms with van der Waals surface area (Å²) in [5.41, 5.74) is 5.38. The number of amides is 1. The zero-order chi connectivity index (χ0) is 12.0. The van der Waals surface area contributed by atoms with E-state index in [1.54, 1.807) is 0 Å². The van der Waals surface area contributed by atoms with Crippen LogP contribution in [0.15, 0.2) is 0 Å². The fourth-order valence-electron chi connectivity index (χ4n) is 1.83. The molecule has 5 heteroatoms. The lowest BCUT2D eigenvalue weighted by Crippen LogP contribution is -2.44. The highest BCUT2D eigenvalue weighted by Gasteiger charge is 2.22. The lowest BCUT2D eigenvalue weighted by Gasteiger charge is -2.32. The van der Waals surface area contributed by atoms with E-state index in [4.69, 9.17) is 5.73 Å². The molecule has 16 heavy (non-hydrogen) atoms. The van der Waals surface area contributed by atoms with Crippen LogP contribution in [0.3, 0.4) is 0 Å². The van der Waals surface area contributed by atoms with Gasteiger partial charge >= 0.3 is 0 Å². The topological polar surface area (TPSA) is 49.6 Å². The Labute approximate surface area is 103 Å². The third-order valence-electron chi connectivity index (χ3n) is 2.80. The molecule has 0 spiro atoms. The second-order valence-corrected chi connectivity index (χ2v) is 5.89. The van der Waals surface area contributed by atoms with E-state index < -0.39 is 0 Å². The minimum atomic E-state index is 0.0953. The van der Waals surface area contributed by atoms with Gasteiger partial charge in [-0.1, -0.05) is 0 Å². The molecular formula is C11H23N3OS. The van der Waals surface area contributed by atoms with Crippen LogP contribution in [0.2, 0.25) is 0 Å². The Kier molecular flexibility index (Phi) is 6.16. The van der Waals surface area contributed by atoms with Crippen LogP contribution in [-0.4, -0.2) is 67.0 Å². The minimum absolute atomic E-state index is 0.0953. The summed E-state index contributed by atoms with van der Waals surface area (Å²) in [7, 11) is 4.18. The van der Waals surface area contributed by atoms with Gasteiger partial charge in [0.15, 0.2) is 0 Å². The molecule has 1 aliphatic heterocycles. The molecule has 0 saturated carbocycles. The highest BCUT2D eigenvalue weighted by Crippen LogP contribution is 2.22. The van der Waals surface area contributed by atoms with Gasteiger partial charge in [-0.25, -0.2) is 0 Å². The van der Waals surface area contributed by atoms with E-state index >= 15 is 0 Å². The van der Waals surface area contributed by atoms with Crippen LogP contribution in [-0.2, 0) is 4.79 Å². The molecule has 1 fully saturated rings. The predicted molar refractivity (Wildman–Crippen MR) is 69.7 cm³/mol. The van der Waals surface area contributed by atoms with Gasteiger partial charge in [-0.3, -0.25) is 4.79 Å². The van der Waals surface area contributed by atoms with Crippen LogP contribution >= 0.6 is 11.8 Å². The molecule has 1 atom stereocenters. The van der Waals surface area contributed by atoms with E-state index in [-0.39, 0.29) is 12.5 Å². The first-order valence-corrected chi connectivity index (χ1v) is 6.92. The van der Waals surface area contributed by atoms with E-state index in [2.05, 4.69) is 19.0 Å². The molecule has 2 N–H and O–H groups in total. The molecular weight excluding hydrogens is 222 g/mol. The fraction of sp³-hybridized carbons (Fsp3) is 0.909. The van der Waals surface area contributed by atoms with E-state index in [0.717, 1.165) is 31.8 Å². The van der Waals surface area contributed by atoms with Gasteiger partial charge in [0.1, 0.15) is 0 Å². The predicted octanol–water partition coefficient (Wildman–Crippen LogP) is 0.231. The zero-order valence-electron chi connectivity index (χ0n) is 10.3. The van der Waals surface area contributed by atoms with Gasteiger partial charge < -0.3 is 15.5 Å². The summed E-state index contributed by atoms with van der Waals surface area (Å²) in [4.78, 5) is 15.6. The Morgan fingerprint density at radius 1 is 1.56 bits per heavy atom. The van der Waals surface area contributed by atoms with E-state index in [1.807, 2.05) is 16.7 Å². The average molecular weight is 245 g/mol. The minimum Gasteiger partial charge on any atom is -0.340 e. The van der Waals surface area contributed by atoms with Crippen LogP contribution in [0.5, 0.6) is 0 Å². The summed E-state index contributed by atoms with van der Waals surface area (Å²) in [5, 5.41) is 0.601. The Bertz CT molecular complexity index is 223. The van der Waals surface area contributed by atoms with Crippen molar-refractivity contribution in [2.24, 2.45) is 5.73 Å². The van der Waals surface area contributed by atoms with Crippen LogP contribution in [0.1, 0.15) is 12.8 Å². The maximum absolute atomic E-state index is 11.5. The zero-order valence-corrected chi connectivity index (χ0v) is 11.1. The van der Waals surface area contributed by atoms with Crippen molar-refractivity contribution in [3.8, 4) is 0 Å². The average Bonchev–Trinajstić information content (AvgIpc) is 2.28. The lowest BCUT2D eigenvalue weighted by atomic mass is 10.1. The number of hydrogen-bond acceptors (Lipinski definition) is 4. The first kappa shape index (κ1) is 13.8. The number of carbonyl (C=O) groups is 1. The SMILES string of the molecule is CN(C)CCSC1CCCN(C(=O)CN)C1. The highest BCUT2D eigenvalue weighted by atomic mass is 32.2. The molecule has 1 heterocycles. The van der Waals surface area contributed by atoms with Crippen LogP contribution in [0.25, 0.3) is 0 Å². The lowest BCUT2D eigenvalue weighted by molar-refractivity contribution is -0.130. The van der Waals surface area contributed by atoms with Gasteiger partial charge in [0.25, 0.3) is 0 Å². The molecule has 1 aliphatic rings. The number of hydrogen-bond donors (Lipinski definition) is 1. The molecule has 0 radical (unpaired) electrons. The Morgan fingerprint density at radius 2 is 2.31 bits per heavy atom. The second-order valence-electron chi connectivity index (χ2n) is 4.48. The van der Waals surface area contributed by atoms with Crippen molar-refractivity contribution < 1.29 is 4.79 Å². The molecule has 4 nitrogen and oxygen atoms in total. The molecule has 1 saturated heterocycles. The van der Waals surface area contributed by atoms with Gasteiger partial charge in [0, 0.05) is 30.6 Å². The van der Waals surface area contributed by atoms with Crippen LogP contribution < -0.4 is 5.73 Å². The van der Waals surface area contributed by atoms with Crippen molar-refractivity contribution in [1.82, 2.24) is 9.80 Å². The summed E-state index contributed by atoms with van der Waals surface area (Å²) >= 11 is 1.98. The van der Waals surface area contributed by atoms with Gasteiger partial charge in [0.2, 0.25) is 5.91 Å². The smallest absolute Gasteiger partial charge is 0.236 e. The first-order valence-electron chi connectivity index (χ1n) is 5.87. The van der Waals surface area contributed by atoms with E-state index in [9.17, 15) is 4.79 Å². The van der Waals surface area contributed by atoms with Gasteiger partial charge in [0.05, 0.1) is 6.54 Å². The maximum Gasteiger partial charge on any atom is 0.236 e. The quantitative estimate of drug-likeness (QED) is 0.753. The van der Waals surface area contributed by atoms with Crippen molar-refractivity contribution in [2.45, 2.75) is 18.1 Å². The van der Waals surface area contributed by atoms with Crippen LogP contribution in [0, 0.1) is 0 Å². The van der Waals surface area contributed by atoms with Gasteiger partial charge in [-0.05, 0) is 26.9 Å². The van der Waals surface area contributed by atoms with Crippen molar-refractivity contribution in [1.29, 1.82) is 0 Å². The number of piperidine rings is 1. The first-order chi connectivity index (χ1) is 7.63. The number of thioether (sulfide) groups is 1. The number of likely N-dealkylation sites (tertiary alicyclic amines) is 1. The Morgan fingerprint density at radius 3 is 2.94 bits per heavy atom. The number of rotatable bonds is 5. The summed E-state index contributed by atoms with van der Waals surface area (Å²) in [6.07, 6.45) is 2.35. The van der Waals surface area contributed by atoms with Gasteiger partial charge in [-0.2, -0.15) is 11.8 Å². The maximum atomic E-state index is 11.5. The van der Waals surface area contributed by atoms with E-state index in [1.165, 1.54) is 6.42 Å². The normalized spacial score (nSPS) is 21.5. The summed E-state index contributed by atoms with van der Waals surface area (Å²) in [6, 6.07) is 0. The molecule has 94 valence electrons. The molecule has 1 unspecified atom stereocenters. The largest absolute Gasteiger partial charge is 0.340 e. The van der Waals surface area contributed by atoms with Crippen molar-refractivity contribution in [2.75, 3.05) is 46.0 Å². The van der Waals surface area contributed by atoms with Crippen molar-refractivity contribution in [3.63, 3.8) is 0 Å². The monoisotopic (exact) mass is 245 g/mol. The fourth-order valence-corrected chi connectivity index (χ4v) is 3.25. The second kappa shape index (κ2) is 7.14. The molecule has 0 aromatic rings. The molecule has 1 amide bonds.